The summed E-state index contributed by atoms with van der Waals surface area (Å²) in [4.78, 5) is 10.3. The molecule has 1 aliphatic rings. The predicted octanol–water partition coefficient (Wildman–Crippen LogP) is 2.02. The minimum Gasteiger partial charge on any atom is -0.394 e. The monoisotopic (exact) mass is 348 g/mol. The molecule has 2 aromatic rings. The summed E-state index contributed by atoms with van der Waals surface area (Å²) in [5.41, 5.74) is 1.52. The molecule has 0 bridgehead atoms. The minimum absolute atomic E-state index is 0.0271. The topological polar surface area (TPSA) is 101 Å². The molecule has 0 aliphatic carbocycles. The number of aliphatic hydroxyl groups is 1. The van der Waals surface area contributed by atoms with Crippen LogP contribution in [-0.2, 0) is 16.4 Å². The summed E-state index contributed by atoms with van der Waals surface area (Å²) in [7, 11) is -3.93. The summed E-state index contributed by atoms with van der Waals surface area (Å²) in [6, 6.07) is 10.2. The van der Waals surface area contributed by atoms with Crippen molar-refractivity contribution in [3.8, 4) is 0 Å². The van der Waals surface area contributed by atoms with Crippen LogP contribution in [-0.4, -0.2) is 31.1 Å². The van der Waals surface area contributed by atoms with Gasteiger partial charge in [0.15, 0.2) is 0 Å². The van der Waals surface area contributed by atoms with Gasteiger partial charge < -0.3 is 5.11 Å². The lowest BCUT2D eigenvalue weighted by Crippen LogP contribution is -2.39. The molecule has 0 saturated heterocycles. The molecule has 1 aliphatic heterocycles. The first kappa shape index (κ1) is 16.4. The molecule has 8 heteroatoms. The van der Waals surface area contributed by atoms with Crippen molar-refractivity contribution in [1.29, 1.82) is 0 Å². The summed E-state index contributed by atoms with van der Waals surface area (Å²) < 4.78 is 27.3. The molecule has 1 N–H and O–H groups in total. The van der Waals surface area contributed by atoms with Gasteiger partial charge in [0.2, 0.25) is 0 Å². The Morgan fingerprint density at radius 2 is 2.00 bits per heavy atom. The summed E-state index contributed by atoms with van der Waals surface area (Å²) in [6.07, 6.45) is 0.428. The third-order valence-electron chi connectivity index (χ3n) is 4.15. The number of aryl methyl sites for hydroxylation is 1. The van der Waals surface area contributed by atoms with Crippen molar-refractivity contribution in [2.24, 2.45) is 0 Å². The molecule has 2 aromatic carbocycles. The van der Waals surface area contributed by atoms with Crippen molar-refractivity contribution in [2.45, 2.75) is 24.3 Å². The quantitative estimate of drug-likeness (QED) is 0.673. The molecular formula is C16H16N2O5S. The Bertz CT molecular complexity index is 910. The zero-order valence-corrected chi connectivity index (χ0v) is 13.7. The lowest BCUT2D eigenvalue weighted by atomic mass is 10.1. The van der Waals surface area contributed by atoms with E-state index in [1.807, 2.05) is 12.1 Å². The molecule has 3 rings (SSSR count). The van der Waals surface area contributed by atoms with Crippen LogP contribution in [0.4, 0.5) is 11.4 Å². The fraction of sp³-hybridized carbons (Fsp3) is 0.250. The second kappa shape index (κ2) is 5.88. The van der Waals surface area contributed by atoms with E-state index in [4.69, 9.17) is 0 Å². The van der Waals surface area contributed by atoms with Gasteiger partial charge in [0.1, 0.15) is 0 Å². The standard InChI is InChI=1S/C16H16N2O5S/c1-11-8-14(6-7-15(11)18(20)21)24(22,23)17-13(10-19)9-12-4-2-3-5-16(12)17/h2-8,13,19H,9-10H2,1H3/t13-/m1/s1. The number of nitro benzene ring substituents is 1. The summed E-state index contributed by atoms with van der Waals surface area (Å²) >= 11 is 0. The van der Waals surface area contributed by atoms with Crippen molar-refractivity contribution >= 4 is 21.4 Å². The minimum atomic E-state index is -3.93. The number of rotatable bonds is 4. The van der Waals surface area contributed by atoms with Gasteiger partial charge in [0, 0.05) is 11.6 Å². The van der Waals surface area contributed by atoms with Crippen molar-refractivity contribution in [2.75, 3.05) is 10.9 Å². The van der Waals surface area contributed by atoms with Crippen LogP contribution >= 0.6 is 0 Å². The van der Waals surface area contributed by atoms with Gasteiger partial charge in [-0.1, -0.05) is 18.2 Å². The maximum atomic E-state index is 13.0. The molecule has 126 valence electrons. The normalized spacial score (nSPS) is 16.9. The van der Waals surface area contributed by atoms with E-state index in [9.17, 15) is 23.6 Å². The van der Waals surface area contributed by atoms with E-state index in [2.05, 4.69) is 0 Å². The molecule has 7 nitrogen and oxygen atoms in total. The third-order valence-corrected chi connectivity index (χ3v) is 6.01. The van der Waals surface area contributed by atoms with Gasteiger partial charge in [0.25, 0.3) is 15.7 Å². The second-order valence-corrected chi connectivity index (χ2v) is 7.49. The van der Waals surface area contributed by atoms with E-state index in [0.29, 0.717) is 12.1 Å². The molecule has 24 heavy (non-hydrogen) atoms. The van der Waals surface area contributed by atoms with Gasteiger partial charge in [-0.15, -0.1) is 0 Å². The van der Waals surface area contributed by atoms with Crippen LogP contribution in [0.25, 0.3) is 0 Å². The highest BCUT2D eigenvalue weighted by Gasteiger charge is 2.38. The molecule has 0 fully saturated rings. The number of nitrogens with zero attached hydrogens (tertiary/aromatic N) is 2. The van der Waals surface area contributed by atoms with E-state index >= 15 is 0 Å². The predicted molar refractivity (Wildman–Crippen MR) is 88.5 cm³/mol. The van der Waals surface area contributed by atoms with Crippen molar-refractivity contribution in [3.63, 3.8) is 0 Å². The number of anilines is 1. The largest absolute Gasteiger partial charge is 0.394 e. The van der Waals surface area contributed by atoms with Crippen LogP contribution in [0.1, 0.15) is 11.1 Å². The van der Waals surface area contributed by atoms with Crippen molar-refractivity contribution in [3.05, 3.63) is 63.7 Å². The van der Waals surface area contributed by atoms with E-state index in [1.54, 1.807) is 12.1 Å². The Hall–Kier alpha value is -2.45. The zero-order chi connectivity index (χ0) is 17.5. The van der Waals surface area contributed by atoms with Crippen LogP contribution in [0, 0.1) is 17.0 Å². The lowest BCUT2D eigenvalue weighted by Gasteiger charge is -2.25. The molecule has 1 heterocycles. The fourth-order valence-electron chi connectivity index (χ4n) is 3.00. The zero-order valence-electron chi connectivity index (χ0n) is 12.9. The number of fused-ring (bicyclic) bond motifs is 1. The molecule has 0 amide bonds. The molecule has 1 atom stereocenters. The third kappa shape index (κ3) is 2.53. The number of sulfonamides is 1. The first-order valence-corrected chi connectivity index (χ1v) is 8.78. The molecular weight excluding hydrogens is 332 g/mol. The van der Waals surface area contributed by atoms with Gasteiger partial charge in [-0.25, -0.2) is 8.42 Å². The highest BCUT2D eigenvalue weighted by Crippen LogP contribution is 2.37. The van der Waals surface area contributed by atoms with Gasteiger partial charge in [-0.05, 0) is 37.1 Å². The maximum absolute atomic E-state index is 13.0. The van der Waals surface area contributed by atoms with Crippen LogP contribution < -0.4 is 4.31 Å². The molecule has 0 unspecified atom stereocenters. The molecule has 0 saturated carbocycles. The molecule has 0 radical (unpaired) electrons. The summed E-state index contributed by atoms with van der Waals surface area (Å²) in [6.45, 7) is 1.19. The summed E-state index contributed by atoms with van der Waals surface area (Å²) in [5.74, 6) is 0. The van der Waals surface area contributed by atoms with Crippen molar-refractivity contribution < 1.29 is 18.4 Å². The average molecular weight is 348 g/mol. The Balaban J connectivity index is 2.10. The maximum Gasteiger partial charge on any atom is 0.272 e. The summed E-state index contributed by atoms with van der Waals surface area (Å²) in [5, 5.41) is 20.5. The highest BCUT2D eigenvalue weighted by molar-refractivity contribution is 7.92. The number of hydrogen-bond donors (Lipinski definition) is 1. The van der Waals surface area contributed by atoms with Crippen LogP contribution in [0.2, 0.25) is 0 Å². The van der Waals surface area contributed by atoms with Crippen LogP contribution in [0.5, 0.6) is 0 Å². The fourth-order valence-corrected chi connectivity index (χ4v) is 4.77. The van der Waals surface area contributed by atoms with Crippen LogP contribution in [0.3, 0.4) is 0 Å². The second-order valence-electron chi connectivity index (χ2n) is 5.68. The number of nitro groups is 1. The van der Waals surface area contributed by atoms with E-state index in [1.165, 1.54) is 29.4 Å². The number of para-hydroxylation sites is 1. The van der Waals surface area contributed by atoms with Gasteiger partial charge in [0.05, 0.1) is 28.2 Å². The first-order valence-electron chi connectivity index (χ1n) is 7.34. The average Bonchev–Trinajstić information content (AvgIpc) is 2.93. The number of aliphatic hydroxyl groups excluding tert-OH is 1. The Morgan fingerprint density at radius 1 is 1.29 bits per heavy atom. The van der Waals surface area contributed by atoms with Gasteiger partial charge in [-0.2, -0.15) is 0 Å². The number of benzene rings is 2. The Labute approximate surface area is 139 Å². The van der Waals surface area contributed by atoms with E-state index in [-0.39, 0.29) is 22.8 Å². The molecule has 0 spiro atoms. The number of hydrogen-bond acceptors (Lipinski definition) is 5. The smallest absolute Gasteiger partial charge is 0.272 e. The molecule has 0 aromatic heterocycles. The van der Waals surface area contributed by atoms with Gasteiger partial charge in [-0.3, -0.25) is 14.4 Å². The Morgan fingerprint density at radius 3 is 2.62 bits per heavy atom. The SMILES string of the molecule is Cc1cc(S(=O)(=O)N2c3ccccc3C[C@@H]2CO)ccc1[N+](=O)[O-]. The highest BCUT2D eigenvalue weighted by atomic mass is 32.2. The lowest BCUT2D eigenvalue weighted by molar-refractivity contribution is -0.385. The van der Waals surface area contributed by atoms with E-state index < -0.39 is 21.0 Å². The first-order chi connectivity index (χ1) is 11.4. The van der Waals surface area contributed by atoms with Crippen LogP contribution in [0.15, 0.2) is 47.4 Å². The van der Waals surface area contributed by atoms with Crippen molar-refractivity contribution in [1.82, 2.24) is 0 Å². The van der Waals surface area contributed by atoms with Gasteiger partial charge >= 0.3 is 0 Å². The van der Waals surface area contributed by atoms with E-state index in [0.717, 1.165) is 5.56 Å². The Kier molecular flexibility index (Phi) is 4.02.